The van der Waals surface area contributed by atoms with E-state index in [0.717, 1.165) is 70.0 Å². The lowest BCUT2D eigenvalue weighted by Gasteiger charge is -2.08. The molecule has 74 heavy (non-hydrogen) atoms. The van der Waals surface area contributed by atoms with Gasteiger partial charge in [-0.15, -0.1) is 0 Å². The van der Waals surface area contributed by atoms with Crippen molar-refractivity contribution in [2.45, 2.75) is 26.7 Å². The lowest BCUT2D eigenvalue weighted by atomic mass is 10.0. The van der Waals surface area contributed by atoms with Crippen molar-refractivity contribution in [2.24, 2.45) is 0 Å². The van der Waals surface area contributed by atoms with Crippen LogP contribution in [0.4, 0.5) is 4.79 Å². The highest BCUT2D eigenvalue weighted by Gasteiger charge is 2.29. The molecule has 8 aromatic carbocycles. The zero-order chi connectivity index (χ0) is 52.0. The molecule has 0 aliphatic heterocycles. The van der Waals surface area contributed by atoms with Crippen LogP contribution < -0.4 is 38.3 Å². The maximum absolute atomic E-state index is 8.33. The molecule has 0 unspecified atom stereocenters. The van der Waals surface area contributed by atoms with Crippen molar-refractivity contribution in [3.8, 4) is 68.3 Å². The smallest absolute Gasteiger partial charge is 0.254 e. The number of hydrogen-bond acceptors (Lipinski definition) is 7. The number of hydrogen-bond donors (Lipinski definition) is 0. The highest BCUT2D eigenvalue weighted by molar-refractivity contribution is 5.64. The Morgan fingerprint density at radius 1 is 0.405 bits per heavy atom. The van der Waals surface area contributed by atoms with E-state index < -0.39 is 6.16 Å². The maximum Gasteiger partial charge on any atom is 0.254 e. The van der Waals surface area contributed by atoms with Crippen molar-refractivity contribution < 1.29 is 43.1 Å². The van der Waals surface area contributed by atoms with Gasteiger partial charge in [-0.2, -0.15) is 18.3 Å². The average Bonchev–Trinajstić information content (AvgIpc) is 4.01. The summed E-state index contributed by atoms with van der Waals surface area (Å²) in [6, 6.07) is 71.6. The molecule has 11 heteroatoms. The third-order valence-corrected chi connectivity index (χ3v) is 12.6. The van der Waals surface area contributed by atoms with E-state index in [1.165, 1.54) is 44.8 Å². The van der Waals surface area contributed by atoms with E-state index in [9.17, 15) is 0 Å². The Morgan fingerprint density at radius 2 is 0.689 bits per heavy atom. The van der Waals surface area contributed by atoms with Crippen LogP contribution in [0, 0.1) is 13.8 Å². The number of ether oxygens (including phenoxy) is 4. The lowest BCUT2D eigenvalue weighted by molar-refractivity contribution is -0.583. The number of carbonyl (C=O) groups excluding carboxylic acids is 1. The number of carbonyl (C=O) groups is 1. The van der Waals surface area contributed by atoms with Crippen molar-refractivity contribution in [3.05, 3.63) is 253 Å². The van der Waals surface area contributed by atoms with Gasteiger partial charge >= 0.3 is 0 Å². The summed E-state index contributed by atoms with van der Waals surface area (Å²) in [7, 11) is 6.77. The monoisotopic (exact) mass is 982 g/mol. The standard InChI is InChI=1S/2C31H29N2O2.CH2O3/c2*1-23-9-11-25(12-10-23)31-30(21-24-7-5-4-6-8-24)32(26-13-17-28(34-2)18-14-26)22-33(31)27-15-19-29(35-3)20-16-27;2-1(3)4/h2*4-20,22H,21H2,1-3H3;(H2,2,3,4)/q2*+1;/p-2. The van der Waals surface area contributed by atoms with Gasteiger partial charge in [0.05, 0.1) is 28.4 Å². The second-order valence-electron chi connectivity index (χ2n) is 17.4. The molecule has 0 aliphatic carbocycles. The minimum absolute atomic E-state index is 0.791. The Hall–Kier alpha value is -9.35. The Bertz CT molecular complexity index is 3140. The van der Waals surface area contributed by atoms with Gasteiger partial charge in [-0.3, -0.25) is 0 Å². The summed E-state index contributed by atoms with van der Waals surface area (Å²) in [6.45, 7) is 4.24. The van der Waals surface area contributed by atoms with Gasteiger partial charge in [-0.1, -0.05) is 120 Å². The van der Waals surface area contributed by atoms with Gasteiger partial charge < -0.3 is 34.0 Å². The molecule has 2 aromatic heterocycles. The minimum Gasteiger partial charge on any atom is -0.652 e. The predicted molar refractivity (Wildman–Crippen MR) is 285 cm³/mol. The number of nitrogens with zero attached hydrogens (tertiary/aromatic N) is 4. The van der Waals surface area contributed by atoms with Gasteiger partial charge in [-0.25, -0.2) is 0 Å². The Morgan fingerprint density at radius 3 is 0.973 bits per heavy atom. The van der Waals surface area contributed by atoms with Crippen LogP contribution in [0.3, 0.4) is 0 Å². The van der Waals surface area contributed by atoms with Gasteiger partial charge in [0, 0.05) is 24.0 Å². The van der Waals surface area contributed by atoms with E-state index in [0.29, 0.717) is 0 Å². The fourth-order valence-corrected chi connectivity index (χ4v) is 8.75. The van der Waals surface area contributed by atoms with E-state index in [1.807, 2.05) is 48.5 Å². The molecule has 0 saturated heterocycles. The number of carboxylic acid groups (broad SMARTS) is 2. The summed E-state index contributed by atoms with van der Waals surface area (Å²) >= 11 is 0. The molecule has 0 saturated carbocycles. The molecule has 10 rings (SSSR count). The van der Waals surface area contributed by atoms with Gasteiger partial charge in [0.15, 0.2) is 22.8 Å². The molecular formula is C63H58N4O7. The first-order valence-corrected chi connectivity index (χ1v) is 24.0. The largest absolute Gasteiger partial charge is 0.652 e. The van der Waals surface area contributed by atoms with Gasteiger partial charge in [-0.05, 0) is 128 Å². The van der Waals surface area contributed by atoms with Crippen LogP contribution in [0.2, 0.25) is 0 Å². The number of aromatic nitrogens is 4. The molecule has 0 bridgehead atoms. The number of aryl methyl sites for hydroxylation is 2. The molecular weight excluding hydrogens is 925 g/mol. The molecule has 0 N–H and O–H groups in total. The van der Waals surface area contributed by atoms with Crippen molar-refractivity contribution in [2.75, 3.05) is 28.4 Å². The van der Waals surface area contributed by atoms with Crippen LogP contribution >= 0.6 is 0 Å². The summed E-state index contributed by atoms with van der Waals surface area (Å²) in [5.74, 6) is 3.36. The Labute approximate surface area is 432 Å². The second kappa shape index (κ2) is 24.2. The zero-order valence-electron chi connectivity index (χ0n) is 42.3. The van der Waals surface area contributed by atoms with Crippen LogP contribution in [-0.4, -0.2) is 43.7 Å². The molecule has 2 heterocycles. The summed E-state index contributed by atoms with van der Waals surface area (Å²) in [5, 5.41) is 16.7. The molecule has 372 valence electrons. The fraction of sp³-hybridized carbons (Fsp3) is 0.127. The number of benzene rings is 8. The van der Waals surface area contributed by atoms with Gasteiger partial charge in [0.1, 0.15) is 45.7 Å². The third-order valence-electron chi connectivity index (χ3n) is 12.6. The van der Waals surface area contributed by atoms with Gasteiger partial charge in [0.25, 0.3) is 12.7 Å². The van der Waals surface area contributed by atoms with E-state index in [1.54, 1.807) is 28.4 Å². The van der Waals surface area contributed by atoms with Crippen LogP contribution in [0.1, 0.15) is 33.6 Å². The van der Waals surface area contributed by atoms with Crippen LogP contribution in [0.5, 0.6) is 23.0 Å². The number of methoxy groups -OCH3 is 4. The second-order valence-corrected chi connectivity index (χ2v) is 17.4. The topological polar surface area (TPSA) is 118 Å². The van der Waals surface area contributed by atoms with E-state index >= 15 is 0 Å². The molecule has 0 atom stereocenters. The first kappa shape index (κ1) is 51.0. The van der Waals surface area contributed by atoms with Crippen LogP contribution in [0.25, 0.3) is 45.3 Å². The third kappa shape index (κ3) is 12.4. The number of imidazole rings is 2. The van der Waals surface area contributed by atoms with Crippen molar-refractivity contribution in [1.29, 1.82) is 0 Å². The Kier molecular flexibility index (Phi) is 16.7. The van der Waals surface area contributed by atoms with Crippen molar-refractivity contribution in [1.82, 2.24) is 9.13 Å². The highest BCUT2D eigenvalue weighted by atomic mass is 16.6. The number of rotatable bonds is 14. The quantitative estimate of drug-likeness (QED) is 0.0996. The summed E-state index contributed by atoms with van der Waals surface area (Å²) in [5.41, 5.74) is 16.4. The van der Waals surface area contributed by atoms with E-state index in [-0.39, 0.29) is 0 Å². The van der Waals surface area contributed by atoms with E-state index in [2.05, 4.69) is 202 Å². The van der Waals surface area contributed by atoms with Crippen molar-refractivity contribution >= 4 is 6.16 Å². The SMILES string of the molecule is COc1ccc(-n2c[n+](-c3ccc(OC)cc3)c(-c3ccc(C)cc3)c2Cc2ccccc2)cc1.COc1ccc(-n2c[n+](-c3ccc(OC)cc3)c(-c3ccc(C)cc3)c2Cc2ccccc2)cc1.O=C([O-])[O-]. The van der Waals surface area contributed by atoms with E-state index in [4.69, 9.17) is 34.0 Å². The lowest BCUT2D eigenvalue weighted by Crippen LogP contribution is -2.37. The normalized spacial score (nSPS) is 10.6. The minimum atomic E-state index is -2.33. The fourth-order valence-electron chi connectivity index (χ4n) is 8.75. The average molecular weight is 983 g/mol. The first-order chi connectivity index (χ1) is 36.0. The molecule has 0 amide bonds. The molecule has 10 aromatic rings. The first-order valence-electron chi connectivity index (χ1n) is 24.0. The summed E-state index contributed by atoms with van der Waals surface area (Å²) < 4.78 is 30.7. The molecule has 11 nitrogen and oxygen atoms in total. The predicted octanol–water partition coefficient (Wildman–Crippen LogP) is 10.2. The van der Waals surface area contributed by atoms with Crippen LogP contribution in [0.15, 0.2) is 219 Å². The zero-order valence-corrected chi connectivity index (χ0v) is 42.3. The molecule has 0 spiro atoms. The highest BCUT2D eigenvalue weighted by Crippen LogP contribution is 2.31. The Balaban J connectivity index is 0.000000184. The molecule has 0 fully saturated rings. The summed E-state index contributed by atoms with van der Waals surface area (Å²) in [4.78, 5) is 8.33. The van der Waals surface area contributed by atoms with Crippen molar-refractivity contribution in [3.63, 3.8) is 0 Å². The molecule has 0 radical (unpaired) electrons. The maximum atomic E-state index is 8.33. The summed E-state index contributed by atoms with van der Waals surface area (Å²) in [6.07, 6.45) is 3.60. The van der Waals surface area contributed by atoms with Gasteiger partial charge in [0.2, 0.25) is 0 Å². The molecule has 0 aliphatic rings. The van der Waals surface area contributed by atoms with Crippen LogP contribution in [-0.2, 0) is 12.8 Å².